The van der Waals surface area contributed by atoms with E-state index in [1.165, 1.54) is 19.4 Å². The summed E-state index contributed by atoms with van der Waals surface area (Å²) in [6.45, 7) is 7.76. The van der Waals surface area contributed by atoms with E-state index in [9.17, 15) is 9.59 Å². The van der Waals surface area contributed by atoms with E-state index < -0.39 is 18.1 Å². The molecule has 0 spiro atoms. The number of methoxy groups -OCH3 is 1. The first-order chi connectivity index (χ1) is 16.3. The van der Waals surface area contributed by atoms with Crippen molar-refractivity contribution in [2.75, 3.05) is 13.7 Å². The minimum Gasteiger partial charge on any atom is -0.493 e. The van der Waals surface area contributed by atoms with Gasteiger partial charge in [-0.2, -0.15) is 4.98 Å². The van der Waals surface area contributed by atoms with Gasteiger partial charge < -0.3 is 24.1 Å². The van der Waals surface area contributed by atoms with Crippen molar-refractivity contribution in [1.82, 2.24) is 20.4 Å². The molecule has 180 valence electrons. The van der Waals surface area contributed by atoms with Gasteiger partial charge in [0.05, 0.1) is 19.8 Å². The number of aromatic nitrogens is 3. The number of benzene rings is 1. The van der Waals surface area contributed by atoms with Gasteiger partial charge in [-0.1, -0.05) is 51.1 Å². The molecule has 1 atom stereocenters. The predicted molar refractivity (Wildman–Crippen MR) is 122 cm³/mol. The highest BCUT2D eigenvalue weighted by molar-refractivity contribution is 5.96. The first kappa shape index (κ1) is 24.7. The zero-order valence-electron chi connectivity index (χ0n) is 19.8. The number of carbonyl (C=O) groups excluding carboxylic acids is 2. The normalized spacial score (nSPS) is 11.9. The van der Waals surface area contributed by atoms with Crippen LogP contribution in [0.15, 0.2) is 47.1 Å². The zero-order valence-corrected chi connectivity index (χ0v) is 19.8. The van der Waals surface area contributed by atoms with E-state index in [0.29, 0.717) is 11.7 Å². The number of ether oxygens (including phenoxy) is 3. The van der Waals surface area contributed by atoms with Crippen molar-refractivity contribution in [3.8, 4) is 23.0 Å². The zero-order chi connectivity index (χ0) is 24.7. The highest BCUT2D eigenvalue weighted by Gasteiger charge is 2.28. The van der Waals surface area contributed by atoms with Crippen LogP contribution < -0.4 is 14.8 Å². The van der Waals surface area contributed by atoms with Gasteiger partial charge >= 0.3 is 6.16 Å². The fourth-order valence-electron chi connectivity index (χ4n) is 3.00. The summed E-state index contributed by atoms with van der Waals surface area (Å²) in [5, 5.41) is 6.91. The number of amides is 1. The van der Waals surface area contributed by atoms with E-state index in [0.717, 1.165) is 5.56 Å². The Kier molecular flexibility index (Phi) is 8.18. The van der Waals surface area contributed by atoms with Gasteiger partial charge in [0, 0.05) is 17.8 Å². The lowest BCUT2D eigenvalue weighted by Crippen LogP contribution is -2.33. The first-order valence-corrected chi connectivity index (χ1v) is 10.9. The summed E-state index contributed by atoms with van der Waals surface area (Å²) >= 11 is 0. The number of carbonyl (C=O) groups is 2. The molecule has 1 N–H and O–H groups in total. The van der Waals surface area contributed by atoms with Crippen LogP contribution in [0.4, 0.5) is 4.79 Å². The van der Waals surface area contributed by atoms with E-state index in [-0.39, 0.29) is 35.6 Å². The van der Waals surface area contributed by atoms with Crippen LogP contribution in [0.5, 0.6) is 11.5 Å². The van der Waals surface area contributed by atoms with E-state index in [1.807, 2.05) is 58.0 Å². The molecule has 2 heterocycles. The SMILES string of the molecule is COc1ccnc(C(=O)N[C@H](c2noc(-c3ccccc3)n2)C(C)C)c1OC(=O)OCC(C)C. The number of rotatable bonds is 9. The molecule has 3 aromatic rings. The number of pyridine rings is 1. The third kappa shape index (κ3) is 6.09. The second kappa shape index (κ2) is 11.3. The second-order valence-electron chi connectivity index (χ2n) is 8.27. The van der Waals surface area contributed by atoms with Crippen LogP contribution in [0.25, 0.3) is 11.5 Å². The molecular formula is C24H28N4O6. The van der Waals surface area contributed by atoms with Crippen molar-refractivity contribution < 1.29 is 28.3 Å². The fourth-order valence-corrected chi connectivity index (χ4v) is 3.00. The maximum Gasteiger partial charge on any atom is 0.514 e. The van der Waals surface area contributed by atoms with Gasteiger partial charge in [0.1, 0.15) is 0 Å². The summed E-state index contributed by atoms with van der Waals surface area (Å²) < 4.78 is 21.0. The molecule has 10 heteroatoms. The minimum absolute atomic E-state index is 0.0869. The summed E-state index contributed by atoms with van der Waals surface area (Å²) in [6.07, 6.45) is 0.423. The Morgan fingerprint density at radius 2 is 1.82 bits per heavy atom. The Labute approximate surface area is 197 Å². The highest BCUT2D eigenvalue weighted by atomic mass is 16.7. The largest absolute Gasteiger partial charge is 0.514 e. The van der Waals surface area contributed by atoms with Crippen LogP contribution in [-0.4, -0.2) is 40.9 Å². The van der Waals surface area contributed by atoms with Crippen molar-refractivity contribution in [3.05, 3.63) is 54.1 Å². The Balaban J connectivity index is 1.84. The smallest absolute Gasteiger partial charge is 0.493 e. The molecule has 0 saturated heterocycles. The van der Waals surface area contributed by atoms with Gasteiger partial charge in [0.2, 0.25) is 5.75 Å². The molecule has 0 aliphatic heterocycles. The molecule has 0 fully saturated rings. The summed E-state index contributed by atoms with van der Waals surface area (Å²) in [5.41, 5.74) is 0.624. The predicted octanol–water partition coefficient (Wildman–Crippen LogP) is 4.44. The standard InChI is InChI=1S/C24H28N4O6/c1-14(2)13-32-24(30)33-20-17(31-5)11-12-25-19(20)22(29)26-18(15(3)4)21-27-23(34-28-21)16-9-7-6-8-10-16/h6-12,14-15,18H,13H2,1-5H3,(H,26,29)/t18-/m0/s1. The Morgan fingerprint density at radius 1 is 1.09 bits per heavy atom. The van der Waals surface area contributed by atoms with Crippen LogP contribution in [0.2, 0.25) is 0 Å². The monoisotopic (exact) mass is 468 g/mol. The van der Waals surface area contributed by atoms with Gasteiger partial charge in [-0.15, -0.1) is 0 Å². The molecule has 10 nitrogen and oxygen atoms in total. The second-order valence-corrected chi connectivity index (χ2v) is 8.27. The van der Waals surface area contributed by atoms with E-state index in [2.05, 4.69) is 20.4 Å². The number of hydrogen-bond donors (Lipinski definition) is 1. The topological polar surface area (TPSA) is 126 Å². The number of nitrogens with one attached hydrogen (secondary N) is 1. The fraction of sp³-hybridized carbons (Fsp3) is 0.375. The van der Waals surface area contributed by atoms with Gasteiger partial charge in [0.25, 0.3) is 11.8 Å². The molecule has 1 aromatic carbocycles. The van der Waals surface area contributed by atoms with E-state index >= 15 is 0 Å². The molecule has 0 radical (unpaired) electrons. The first-order valence-electron chi connectivity index (χ1n) is 10.9. The highest BCUT2D eigenvalue weighted by Crippen LogP contribution is 2.31. The lowest BCUT2D eigenvalue weighted by molar-refractivity contribution is 0.0847. The Hall–Kier alpha value is -3.95. The van der Waals surface area contributed by atoms with Crippen molar-refractivity contribution in [2.45, 2.75) is 33.7 Å². The molecule has 0 unspecified atom stereocenters. The third-order valence-corrected chi connectivity index (χ3v) is 4.72. The van der Waals surface area contributed by atoms with Crippen LogP contribution in [0.1, 0.15) is 50.0 Å². The number of hydrogen-bond acceptors (Lipinski definition) is 9. The van der Waals surface area contributed by atoms with Gasteiger partial charge in [-0.3, -0.25) is 4.79 Å². The van der Waals surface area contributed by atoms with Gasteiger partial charge in [-0.05, 0) is 24.0 Å². The molecule has 1 amide bonds. The Morgan fingerprint density at radius 3 is 2.47 bits per heavy atom. The third-order valence-electron chi connectivity index (χ3n) is 4.72. The minimum atomic E-state index is -0.958. The van der Waals surface area contributed by atoms with E-state index in [1.54, 1.807) is 0 Å². The molecule has 3 rings (SSSR count). The molecule has 0 bridgehead atoms. The summed E-state index contributed by atoms with van der Waals surface area (Å²) in [7, 11) is 1.39. The quantitative estimate of drug-likeness (QED) is 0.454. The number of nitrogens with zero attached hydrogens (tertiary/aromatic N) is 3. The van der Waals surface area contributed by atoms with Crippen LogP contribution in [0.3, 0.4) is 0 Å². The van der Waals surface area contributed by atoms with Gasteiger partial charge in [-0.25, -0.2) is 9.78 Å². The lowest BCUT2D eigenvalue weighted by atomic mass is 10.0. The van der Waals surface area contributed by atoms with Crippen LogP contribution >= 0.6 is 0 Å². The van der Waals surface area contributed by atoms with E-state index in [4.69, 9.17) is 18.7 Å². The van der Waals surface area contributed by atoms with Crippen molar-refractivity contribution in [2.24, 2.45) is 11.8 Å². The summed E-state index contributed by atoms with van der Waals surface area (Å²) in [5.74, 6) is 0.0986. The summed E-state index contributed by atoms with van der Waals surface area (Å²) in [4.78, 5) is 33.9. The molecular weight excluding hydrogens is 440 g/mol. The lowest BCUT2D eigenvalue weighted by Gasteiger charge is -2.20. The Bertz CT molecular complexity index is 1110. The molecule has 0 aliphatic carbocycles. The average molecular weight is 469 g/mol. The average Bonchev–Trinajstić information content (AvgIpc) is 3.31. The maximum atomic E-state index is 13.2. The summed E-state index contributed by atoms with van der Waals surface area (Å²) in [6, 6.07) is 10.2. The molecule has 34 heavy (non-hydrogen) atoms. The van der Waals surface area contributed by atoms with Crippen molar-refractivity contribution in [3.63, 3.8) is 0 Å². The van der Waals surface area contributed by atoms with Crippen molar-refractivity contribution >= 4 is 12.1 Å². The molecule has 0 saturated carbocycles. The maximum absolute atomic E-state index is 13.2. The van der Waals surface area contributed by atoms with Crippen LogP contribution in [-0.2, 0) is 4.74 Å². The van der Waals surface area contributed by atoms with Crippen molar-refractivity contribution in [1.29, 1.82) is 0 Å². The van der Waals surface area contributed by atoms with Crippen LogP contribution in [0, 0.1) is 11.8 Å². The molecule has 0 aliphatic rings. The molecule has 2 aromatic heterocycles. The van der Waals surface area contributed by atoms with Gasteiger partial charge in [0.15, 0.2) is 17.3 Å².